The van der Waals surface area contributed by atoms with Crippen molar-refractivity contribution in [3.05, 3.63) is 0 Å². The minimum absolute atomic E-state index is 0.0915. The van der Waals surface area contributed by atoms with E-state index in [1.165, 1.54) is 0 Å². The molecule has 1 aliphatic carbocycles. The van der Waals surface area contributed by atoms with Crippen LogP contribution in [0.25, 0.3) is 0 Å². The van der Waals surface area contributed by atoms with Crippen molar-refractivity contribution in [2.45, 2.75) is 39.2 Å². The molecule has 1 heterocycles. The Morgan fingerprint density at radius 3 is 2.06 bits per heavy atom. The van der Waals surface area contributed by atoms with Crippen LogP contribution < -0.4 is 0 Å². The summed E-state index contributed by atoms with van der Waals surface area (Å²) in [7, 11) is 0. The molecule has 2 rings (SSSR count). The van der Waals surface area contributed by atoms with Gasteiger partial charge in [-0.1, -0.05) is 0 Å². The zero-order valence-corrected chi connectivity index (χ0v) is 11.2. The van der Waals surface area contributed by atoms with Crippen molar-refractivity contribution in [1.29, 1.82) is 0 Å². The molecule has 1 N–H and O–H groups in total. The molecule has 0 aromatic carbocycles. The molecule has 2 atom stereocenters. The van der Waals surface area contributed by atoms with Gasteiger partial charge >= 0.3 is 12.1 Å². The fourth-order valence-electron chi connectivity index (χ4n) is 3.10. The van der Waals surface area contributed by atoms with Gasteiger partial charge < -0.3 is 14.7 Å². The Morgan fingerprint density at radius 2 is 1.67 bits per heavy atom. The molecule has 102 valence electrons. The molecule has 0 aromatic rings. The van der Waals surface area contributed by atoms with Gasteiger partial charge in [0, 0.05) is 13.1 Å². The Balaban J connectivity index is 2.00. The van der Waals surface area contributed by atoms with E-state index in [4.69, 9.17) is 4.74 Å². The third-order valence-electron chi connectivity index (χ3n) is 3.77. The average molecular weight is 255 g/mol. The van der Waals surface area contributed by atoms with Crippen LogP contribution in [-0.2, 0) is 9.53 Å². The number of aliphatic carboxylic acids is 1. The standard InChI is InChI=1S/C13H21NO4/c1-13(2,3)18-12(17)14-6-8-4-5-9(7-14)10(8)11(15)16/h8-10H,4-7H2,1-3H3,(H,15,16)/t8-,9-/m1/s1. The molecule has 0 unspecified atom stereocenters. The molecule has 1 saturated carbocycles. The number of fused-ring (bicyclic) bond motifs is 2. The van der Waals surface area contributed by atoms with E-state index in [1.54, 1.807) is 4.90 Å². The first kappa shape index (κ1) is 13.2. The fraction of sp³-hybridized carbons (Fsp3) is 0.846. The van der Waals surface area contributed by atoms with Gasteiger partial charge in [0.2, 0.25) is 0 Å². The summed E-state index contributed by atoms with van der Waals surface area (Å²) in [5.74, 6) is -0.808. The van der Waals surface area contributed by atoms with E-state index in [2.05, 4.69) is 0 Å². The number of ether oxygens (including phenoxy) is 1. The van der Waals surface area contributed by atoms with Crippen LogP contribution in [0.3, 0.4) is 0 Å². The first-order valence-electron chi connectivity index (χ1n) is 6.48. The first-order chi connectivity index (χ1) is 8.28. The van der Waals surface area contributed by atoms with Crippen LogP contribution in [0.4, 0.5) is 4.79 Å². The van der Waals surface area contributed by atoms with Crippen molar-refractivity contribution in [2.24, 2.45) is 17.8 Å². The van der Waals surface area contributed by atoms with Gasteiger partial charge in [-0.15, -0.1) is 0 Å². The van der Waals surface area contributed by atoms with Gasteiger partial charge in [-0.05, 0) is 45.4 Å². The number of carbonyl (C=O) groups is 2. The van der Waals surface area contributed by atoms with Crippen LogP contribution in [-0.4, -0.2) is 40.8 Å². The summed E-state index contributed by atoms with van der Waals surface area (Å²) in [6.45, 7) is 6.54. The van der Waals surface area contributed by atoms with E-state index in [1.807, 2.05) is 20.8 Å². The third kappa shape index (κ3) is 2.60. The highest BCUT2D eigenvalue weighted by Gasteiger charge is 2.47. The number of carboxylic acid groups (broad SMARTS) is 1. The van der Waals surface area contributed by atoms with Gasteiger partial charge in [-0.3, -0.25) is 4.79 Å². The van der Waals surface area contributed by atoms with E-state index in [-0.39, 0.29) is 23.8 Å². The molecule has 2 aliphatic rings. The molecular formula is C13H21NO4. The molecule has 0 spiro atoms. The summed E-state index contributed by atoms with van der Waals surface area (Å²) >= 11 is 0. The Bertz CT molecular complexity index is 346. The van der Waals surface area contributed by atoms with E-state index >= 15 is 0 Å². The van der Waals surface area contributed by atoms with Gasteiger partial charge in [0.1, 0.15) is 5.60 Å². The van der Waals surface area contributed by atoms with Gasteiger partial charge in [-0.2, -0.15) is 0 Å². The lowest BCUT2D eigenvalue weighted by atomic mass is 9.85. The minimum atomic E-state index is -0.716. The summed E-state index contributed by atoms with van der Waals surface area (Å²) in [5.41, 5.74) is -0.500. The highest BCUT2D eigenvalue weighted by Crippen LogP contribution is 2.42. The third-order valence-corrected chi connectivity index (χ3v) is 3.77. The molecule has 1 amide bonds. The maximum absolute atomic E-state index is 12.0. The van der Waals surface area contributed by atoms with Gasteiger partial charge in [0.15, 0.2) is 0 Å². The van der Waals surface area contributed by atoms with Crippen LogP contribution in [0, 0.1) is 17.8 Å². The van der Waals surface area contributed by atoms with Crippen molar-refractivity contribution in [1.82, 2.24) is 4.90 Å². The van der Waals surface area contributed by atoms with Crippen molar-refractivity contribution in [3.8, 4) is 0 Å². The number of nitrogens with zero attached hydrogens (tertiary/aromatic N) is 1. The van der Waals surface area contributed by atoms with Gasteiger partial charge in [0.25, 0.3) is 0 Å². The Hall–Kier alpha value is -1.26. The molecule has 5 heteroatoms. The number of carboxylic acids is 1. The number of piperidine rings is 1. The second-order valence-corrected chi connectivity index (χ2v) is 6.35. The Labute approximate surface area is 107 Å². The summed E-state index contributed by atoms with van der Waals surface area (Å²) in [4.78, 5) is 24.8. The van der Waals surface area contributed by atoms with Crippen LogP contribution in [0.1, 0.15) is 33.6 Å². The summed E-state index contributed by atoms with van der Waals surface area (Å²) in [5, 5.41) is 9.20. The Kier molecular flexibility index (Phi) is 3.25. The Morgan fingerprint density at radius 1 is 1.17 bits per heavy atom. The zero-order valence-electron chi connectivity index (χ0n) is 11.2. The van der Waals surface area contributed by atoms with Crippen LogP contribution in [0.2, 0.25) is 0 Å². The van der Waals surface area contributed by atoms with E-state index in [0.29, 0.717) is 13.1 Å². The molecule has 18 heavy (non-hydrogen) atoms. The fourth-order valence-corrected chi connectivity index (χ4v) is 3.10. The molecular weight excluding hydrogens is 234 g/mol. The lowest BCUT2D eigenvalue weighted by Crippen LogP contribution is -2.48. The molecule has 2 bridgehead atoms. The van der Waals surface area contributed by atoms with E-state index in [0.717, 1.165) is 12.8 Å². The SMILES string of the molecule is CC(C)(C)OC(=O)N1C[C@H]2CC[C@H](C1)C2C(=O)O. The van der Waals surface area contributed by atoms with Gasteiger partial charge in [0.05, 0.1) is 5.92 Å². The van der Waals surface area contributed by atoms with Crippen LogP contribution in [0.15, 0.2) is 0 Å². The largest absolute Gasteiger partial charge is 0.481 e. The predicted molar refractivity (Wildman–Crippen MR) is 65.1 cm³/mol. The molecule has 5 nitrogen and oxygen atoms in total. The number of hydrogen-bond donors (Lipinski definition) is 1. The smallest absolute Gasteiger partial charge is 0.410 e. The lowest BCUT2D eigenvalue weighted by Gasteiger charge is -2.36. The van der Waals surface area contributed by atoms with Crippen molar-refractivity contribution < 1.29 is 19.4 Å². The zero-order chi connectivity index (χ0) is 13.5. The van der Waals surface area contributed by atoms with Gasteiger partial charge in [-0.25, -0.2) is 4.79 Å². The highest BCUT2D eigenvalue weighted by atomic mass is 16.6. The molecule has 0 aromatic heterocycles. The van der Waals surface area contributed by atoms with Crippen LogP contribution >= 0.6 is 0 Å². The minimum Gasteiger partial charge on any atom is -0.481 e. The summed E-state index contributed by atoms with van der Waals surface area (Å²) in [6.07, 6.45) is 1.49. The number of carbonyl (C=O) groups excluding carboxylic acids is 1. The quantitative estimate of drug-likeness (QED) is 0.777. The van der Waals surface area contributed by atoms with Crippen molar-refractivity contribution in [2.75, 3.05) is 13.1 Å². The molecule has 2 fully saturated rings. The average Bonchev–Trinajstić information content (AvgIpc) is 2.47. The maximum atomic E-state index is 12.0. The lowest BCUT2D eigenvalue weighted by molar-refractivity contribution is -0.146. The van der Waals surface area contributed by atoms with Crippen molar-refractivity contribution in [3.63, 3.8) is 0 Å². The summed E-state index contributed by atoms with van der Waals surface area (Å²) in [6, 6.07) is 0. The van der Waals surface area contributed by atoms with Crippen LogP contribution in [0.5, 0.6) is 0 Å². The topological polar surface area (TPSA) is 66.8 Å². The monoisotopic (exact) mass is 255 g/mol. The molecule has 1 saturated heterocycles. The number of likely N-dealkylation sites (tertiary alicyclic amines) is 1. The normalized spacial score (nSPS) is 31.3. The maximum Gasteiger partial charge on any atom is 0.410 e. The van der Waals surface area contributed by atoms with Crippen molar-refractivity contribution >= 4 is 12.1 Å². The number of hydrogen-bond acceptors (Lipinski definition) is 3. The first-order valence-corrected chi connectivity index (χ1v) is 6.48. The molecule has 1 aliphatic heterocycles. The van der Waals surface area contributed by atoms with E-state index in [9.17, 15) is 14.7 Å². The highest BCUT2D eigenvalue weighted by molar-refractivity contribution is 5.73. The number of amides is 1. The second-order valence-electron chi connectivity index (χ2n) is 6.35. The summed E-state index contributed by atoms with van der Waals surface area (Å²) < 4.78 is 5.34. The second kappa shape index (κ2) is 4.44. The van der Waals surface area contributed by atoms with E-state index < -0.39 is 11.6 Å². The predicted octanol–water partition coefficient (Wildman–Crippen LogP) is 1.96. The molecule has 0 radical (unpaired) electrons. The number of rotatable bonds is 1.